The van der Waals surface area contributed by atoms with E-state index in [1.54, 1.807) is 47.0 Å². The summed E-state index contributed by atoms with van der Waals surface area (Å²) in [6.07, 6.45) is 10.4. The van der Waals surface area contributed by atoms with E-state index < -0.39 is 11.9 Å². The maximum Gasteiger partial charge on any atom is 0.354 e. The zero-order valence-corrected chi connectivity index (χ0v) is 40.4. The second-order valence-electron chi connectivity index (χ2n) is 15.9. The predicted octanol–water partition coefficient (Wildman–Crippen LogP) is 5.99. The van der Waals surface area contributed by atoms with Gasteiger partial charge in [0, 0.05) is 69.8 Å². The monoisotopic (exact) mass is 966 g/mol. The summed E-state index contributed by atoms with van der Waals surface area (Å²) < 4.78 is 17.5. The largest absolute Gasteiger partial charge is 0.477 e. The van der Waals surface area contributed by atoms with Gasteiger partial charge in [-0.1, -0.05) is 73.4 Å². The Morgan fingerprint density at radius 3 is 2.07 bits per heavy atom. The fourth-order valence-corrected chi connectivity index (χ4v) is 7.64. The SMILES string of the molecule is C=C/C=C\C1=C(/C)C#Cc2ccccc2N(C(=O)CCC(=O)NCCCCCS/C=C\COCCN(CCOCCOCCN(CCO)Cc2cccc(C(=O)O)n2)Cc2cccc(C(=O)O)n2)C1. The molecular weight excluding hydrogens is 901 g/mol. The standard InChI is InChI=1S/C52H66N6O10S/c1-3-4-13-43-38-58(48-19-7-6-14-42(48)21-20-41(43)2)50(61)23-22-49(60)53-24-8-5-9-36-69-37-12-30-66-31-27-57(40-45-16-11-18-47(55-45)52(64)65)28-33-68-35-34-67-32-26-56(25-29-59)39-44-15-10-17-46(54-44)51(62)63/h3-4,6-7,10-19,37,59H,1,5,8-9,22-36,38-40H2,2H3,(H,53,60)(H,62,63)(H,64,65)/b13-4-,37-12-,43-41-. The number of ether oxygens (including phenoxy) is 3. The van der Waals surface area contributed by atoms with Gasteiger partial charge in [0.25, 0.3) is 0 Å². The Morgan fingerprint density at radius 2 is 1.43 bits per heavy atom. The van der Waals surface area contributed by atoms with Crippen molar-refractivity contribution in [2.24, 2.45) is 0 Å². The van der Waals surface area contributed by atoms with Gasteiger partial charge in [0.15, 0.2) is 0 Å². The first kappa shape index (κ1) is 55.6. The number of anilines is 1. The number of hydrogen-bond donors (Lipinski definition) is 4. The van der Waals surface area contributed by atoms with Gasteiger partial charge in [-0.2, -0.15) is 0 Å². The molecule has 1 aliphatic rings. The summed E-state index contributed by atoms with van der Waals surface area (Å²) in [5.41, 5.74) is 4.50. The highest BCUT2D eigenvalue weighted by Gasteiger charge is 2.22. The zero-order valence-electron chi connectivity index (χ0n) is 39.6. The van der Waals surface area contributed by atoms with Crippen molar-refractivity contribution in [3.63, 3.8) is 0 Å². The van der Waals surface area contributed by atoms with Crippen molar-refractivity contribution in [3.05, 3.63) is 136 Å². The van der Waals surface area contributed by atoms with E-state index >= 15 is 0 Å². The Kier molecular flexibility index (Phi) is 26.4. The van der Waals surface area contributed by atoms with E-state index in [0.717, 1.165) is 47.4 Å². The van der Waals surface area contributed by atoms with Crippen molar-refractivity contribution in [2.45, 2.75) is 52.1 Å². The van der Waals surface area contributed by atoms with Gasteiger partial charge in [0.2, 0.25) is 11.8 Å². The number of nitrogens with one attached hydrogen (secondary N) is 1. The minimum Gasteiger partial charge on any atom is -0.477 e. The fourth-order valence-electron chi connectivity index (χ4n) is 6.92. The van der Waals surface area contributed by atoms with Crippen LogP contribution in [-0.4, -0.2) is 150 Å². The summed E-state index contributed by atoms with van der Waals surface area (Å²) in [4.78, 5) is 63.1. The number of carbonyl (C=O) groups is 4. The van der Waals surface area contributed by atoms with Crippen LogP contribution in [0.4, 0.5) is 5.69 Å². The van der Waals surface area contributed by atoms with Crippen LogP contribution in [0.15, 0.2) is 108 Å². The fraction of sp³-hybridized carbons (Fsp3) is 0.423. The van der Waals surface area contributed by atoms with Crippen LogP contribution in [0.1, 0.15) is 77.0 Å². The van der Waals surface area contributed by atoms with Crippen molar-refractivity contribution in [2.75, 3.05) is 96.2 Å². The average Bonchev–Trinajstić information content (AvgIpc) is 3.34. The van der Waals surface area contributed by atoms with E-state index in [9.17, 15) is 34.5 Å². The Balaban J connectivity index is 1.07. The zero-order chi connectivity index (χ0) is 49.5. The molecule has 69 heavy (non-hydrogen) atoms. The van der Waals surface area contributed by atoms with Crippen LogP contribution < -0.4 is 10.2 Å². The summed E-state index contributed by atoms with van der Waals surface area (Å²) in [6.45, 7) is 11.8. The number of unbranched alkanes of at least 4 members (excludes halogenated alkanes) is 2. The number of fused-ring (bicyclic) bond motifs is 1. The van der Waals surface area contributed by atoms with Crippen LogP contribution in [0, 0.1) is 11.8 Å². The lowest BCUT2D eigenvalue weighted by Crippen LogP contribution is -2.35. The number of aliphatic hydroxyl groups excluding tert-OH is 1. The van der Waals surface area contributed by atoms with E-state index in [2.05, 4.69) is 38.6 Å². The molecular formula is C52H66N6O10S. The summed E-state index contributed by atoms with van der Waals surface area (Å²) in [6, 6.07) is 17.3. The third kappa shape index (κ3) is 21.9. The van der Waals surface area contributed by atoms with E-state index in [1.807, 2.05) is 59.7 Å². The molecule has 0 radical (unpaired) electrons. The first-order chi connectivity index (χ1) is 33.6. The van der Waals surface area contributed by atoms with Crippen LogP contribution in [0.3, 0.4) is 0 Å². The Bertz CT molecular complexity index is 2270. The molecule has 3 aromatic rings. The molecule has 17 heteroatoms. The maximum atomic E-state index is 13.5. The van der Waals surface area contributed by atoms with Crippen molar-refractivity contribution in [1.82, 2.24) is 25.1 Å². The molecule has 16 nitrogen and oxygen atoms in total. The third-order valence-corrected chi connectivity index (χ3v) is 11.5. The summed E-state index contributed by atoms with van der Waals surface area (Å²) in [5.74, 6) is 4.87. The van der Waals surface area contributed by atoms with Gasteiger partial charge >= 0.3 is 11.9 Å². The molecule has 0 fully saturated rings. The first-order valence-corrected chi connectivity index (χ1v) is 24.2. The number of nitrogens with zero attached hydrogens (tertiary/aromatic N) is 5. The number of allylic oxidation sites excluding steroid dienone is 3. The number of amides is 2. The lowest BCUT2D eigenvalue weighted by Gasteiger charge is -2.26. The molecule has 1 aliphatic heterocycles. The number of benzene rings is 1. The summed E-state index contributed by atoms with van der Waals surface area (Å²) in [7, 11) is 0. The number of carboxylic acids is 2. The molecule has 4 N–H and O–H groups in total. The van der Waals surface area contributed by atoms with Gasteiger partial charge in [-0.3, -0.25) is 19.4 Å². The number of carboxylic acid groups (broad SMARTS) is 2. The maximum absolute atomic E-state index is 13.5. The molecule has 0 saturated carbocycles. The molecule has 4 rings (SSSR count). The second-order valence-corrected chi connectivity index (χ2v) is 16.9. The minimum atomic E-state index is -1.09. The van der Waals surface area contributed by atoms with Gasteiger partial charge in [-0.15, -0.1) is 11.8 Å². The van der Waals surface area contributed by atoms with Crippen LogP contribution in [0.2, 0.25) is 0 Å². The second kappa shape index (κ2) is 32.7. The van der Waals surface area contributed by atoms with E-state index in [4.69, 9.17) is 14.2 Å². The molecule has 0 unspecified atom stereocenters. The minimum absolute atomic E-state index is 0.0165. The smallest absolute Gasteiger partial charge is 0.354 e. The van der Waals surface area contributed by atoms with E-state index in [0.29, 0.717) is 103 Å². The Morgan fingerprint density at radius 1 is 0.797 bits per heavy atom. The molecule has 0 atom stereocenters. The molecule has 0 saturated heterocycles. The number of carbonyl (C=O) groups excluding carboxylic acids is 2. The lowest BCUT2D eigenvalue weighted by atomic mass is 10.0. The predicted molar refractivity (Wildman–Crippen MR) is 268 cm³/mol. The number of thioether (sulfide) groups is 1. The summed E-state index contributed by atoms with van der Waals surface area (Å²) in [5, 5.41) is 33.1. The highest BCUT2D eigenvalue weighted by Crippen LogP contribution is 2.25. The number of hydrogen-bond acceptors (Lipinski definition) is 13. The van der Waals surface area contributed by atoms with Crippen LogP contribution in [0.5, 0.6) is 0 Å². The van der Waals surface area contributed by atoms with E-state index in [-0.39, 0.29) is 42.7 Å². The quantitative estimate of drug-likeness (QED) is 0.0309. The topological polar surface area (TPSA) is 204 Å². The Labute approximate surface area is 410 Å². The number of rotatable bonds is 34. The van der Waals surface area contributed by atoms with Crippen molar-refractivity contribution >= 4 is 41.2 Å². The number of aliphatic hydroxyl groups is 1. The third-order valence-electron chi connectivity index (χ3n) is 10.6. The van der Waals surface area contributed by atoms with Gasteiger partial charge in [-0.05, 0) is 72.9 Å². The van der Waals surface area contributed by atoms with E-state index in [1.165, 1.54) is 12.1 Å². The normalized spacial score (nSPS) is 13.6. The first-order valence-electron chi connectivity index (χ1n) is 23.2. The molecule has 2 amide bonds. The van der Waals surface area contributed by atoms with Crippen LogP contribution in [-0.2, 0) is 36.9 Å². The van der Waals surface area contributed by atoms with Crippen molar-refractivity contribution in [3.8, 4) is 11.8 Å². The number of aromatic nitrogens is 2. The van der Waals surface area contributed by atoms with Crippen molar-refractivity contribution in [1.29, 1.82) is 0 Å². The molecule has 3 heterocycles. The van der Waals surface area contributed by atoms with Crippen molar-refractivity contribution < 1.29 is 48.7 Å². The average molecular weight is 967 g/mol. The lowest BCUT2D eigenvalue weighted by molar-refractivity contribution is -0.125. The van der Waals surface area contributed by atoms with Gasteiger partial charge in [0.05, 0.1) is 69.9 Å². The van der Waals surface area contributed by atoms with Crippen LogP contribution in [0.25, 0.3) is 0 Å². The van der Waals surface area contributed by atoms with Gasteiger partial charge < -0.3 is 39.7 Å². The molecule has 0 bridgehead atoms. The highest BCUT2D eigenvalue weighted by molar-refractivity contribution is 8.02. The molecule has 0 aliphatic carbocycles. The Hall–Kier alpha value is -5.97. The number of aromatic carboxylic acids is 2. The summed E-state index contributed by atoms with van der Waals surface area (Å²) >= 11 is 1.70. The van der Waals surface area contributed by atoms with Crippen LogP contribution >= 0.6 is 11.8 Å². The highest BCUT2D eigenvalue weighted by atomic mass is 32.2. The molecule has 370 valence electrons. The molecule has 2 aromatic heterocycles. The number of para-hydroxylation sites is 1. The van der Waals surface area contributed by atoms with Gasteiger partial charge in [0.1, 0.15) is 11.4 Å². The molecule has 0 spiro atoms. The molecule has 1 aromatic carbocycles. The number of pyridine rings is 2. The van der Waals surface area contributed by atoms with Gasteiger partial charge in [-0.25, -0.2) is 19.6 Å².